The molecule has 9 nitrogen and oxygen atoms in total. The summed E-state index contributed by atoms with van der Waals surface area (Å²) in [6, 6.07) is 7.10. The zero-order valence-corrected chi connectivity index (χ0v) is 16.9. The number of rotatable bonds is 4. The predicted octanol–water partition coefficient (Wildman–Crippen LogP) is 0.684. The van der Waals surface area contributed by atoms with Gasteiger partial charge in [-0.15, -0.1) is 5.10 Å². The number of hydrogen-bond donors (Lipinski definition) is 1. The highest BCUT2D eigenvalue weighted by Gasteiger charge is 2.25. The van der Waals surface area contributed by atoms with Crippen molar-refractivity contribution < 1.29 is 19.1 Å². The van der Waals surface area contributed by atoms with E-state index in [1.165, 1.54) is 13.3 Å². The van der Waals surface area contributed by atoms with E-state index in [4.69, 9.17) is 0 Å². The van der Waals surface area contributed by atoms with Crippen LogP contribution in [0.2, 0.25) is 0 Å². The van der Waals surface area contributed by atoms with Gasteiger partial charge in [0.2, 0.25) is 0 Å². The molecule has 2 amide bonds. The summed E-state index contributed by atoms with van der Waals surface area (Å²) in [5.41, 5.74) is 1.40. The number of hydrogen-bond acceptors (Lipinski definition) is 8. The van der Waals surface area contributed by atoms with Crippen molar-refractivity contribution in [1.29, 1.82) is 0 Å². The molecule has 0 spiro atoms. The number of methoxy groups -OCH3 is 1. The van der Waals surface area contributed by atoms with Crippen LogP contribution in [0.5, 0.6) is 0 Å². The molecule has 0 atom stereocenters. The number of amides is 2. The lowest BCUT2D eigenvalue weighted by Gasteiger charge is -2.32. The van der Waals surface area contributed by atoms with Crippen LogP contribution in [0.4, 0.5) is 0 Å². The first kappa shape index (κ1) is 20.7. The standard InChI is InChI=1S/C19H21N5O4S/c1-23-7-9-24(10-8-23)18(27)14-5-3-13(4-6-14)12-20-22-19-21-17(26)15(29-19)11-16(25)28-2/h3-6,11-12H,7-10H2,1-2H3,(H,21,22,26)/b15-11+,20-12?. The maximum atomic E-state index is 12.5. The van der Waals surface area contributed by atoms with Gasteiger partial charge in [-0.25, -0.2) is 4.79 Å². The number of thioether (sulfide) groups is 1. The number of likely N-dealkylation sites (N-methyl/N-ethyl adjacent to an activating group) is 1. The van der Waals surface area contributed by atoms with Crippen LogP contribution in [0.25, 0.3) is 0 Å². The fourth-order valence-corrected chi connectivity index (χ4v) is 3.43. The monoisotopic (exact) mass is 415 g/mol. The SMILES string of the molecule is COC(=O)/C=C1/S/C(=N\N=Cc2ccc(C(=O)N3CCN(C)CC3)cc2)NC1=O. The van der Waals surface area contributed by atoms with Crippen LogP contribution in [0, 0.1) is 0 Å². The topological polar surface area (TPSA) is 104 Å². The Morgan fingerprint density at radius 2 is 1.86 bits per heavy atom. The Kier molecular flexibility index (Phi) is 6.78. The second-order valence-electron chi connectivity index (χ2n) is 6.46. The number of nitrogens with one attached hydrogen (secondary N) is 1. The van der Waals surface area contributed by atoms with Gasteiger partial charge >= 0.3 is 5.97 Å². The first-order valence-corrected chi connectivity index (χ1v) is 9.75. The fraction of sp³-hybridized carbons (Fsp3) is 0.316. The van der Waals surface area contributed by atoms with E-state index in [2.05, 4.69) is 25.2 Å². The molecule has 2 aliphatic heterocycles. The largest absolute Gasteiger partial charge is 0.466 e. The first-order valence-electron chi connectivity index (χ1n) is 8.94. The molecule has 152 valence electrons. The van der Waals surface area contributed by atoms with E-state index in [0.717, 1.165) is 49.6 Å². The Hall–Kier alpha value is -2.98. The third-order valence-electron chi connectivity index (χ3n) is 4.40. The van der Waals surface area contributed by atoms with Crippen molar-refractivity contribution in [3.05, 3.63) is 46.4 Å². The second-order valence-corrected chi connectivity index (χ2v) is 7.49. The first-order chi connectivity index (χ1) is 14.0. The molecule has 1 aromatic rings. The number of amidine groups is 1. The van der Waals surface area contributed by atoms with E-state index >= 15 is 0 Å². The van der Waals surface area contributed by atoms with Gasteiger partial charge in [0.15, 0.2) is 5.17 Å². The lowest BCUT2D eigenvalue weighted by atomic mass is 10.1. The van der Waals surface area contributed by atoms with E-state index in [9.17, 15) is 14.4 Å². The van der Waals surface area contributed by atoms with Crippen molar-refractivity contribution >= 4 is 40.9 Å². The zero-order chi connectivity index (χ0) is 20.8. The fourth-order valence-electron chi connectivity index (χ4n) is 2.69. The van der Waals surface area contributed by atoms with Gasteiger partial charge in [0.25, 0.3) is 11.8 Å². The normalized spacial score (nSPS) is 20.5. The van der Waals surface area contributed by atoms with E-state index in [1.807, 2.05) is 11.9 Å². The van der Waals surface area contributed by atoms with Crippen molar-refractivity contribution in [2.24, 2.45) is 10.2 Å². The van der Waals surface area contributed by atoms with Crippen LogP contribution in [-0.2, 0) is 14.3 Å². The number of nitrogens with zero attached hydrogens (tertiary/aromatic N) is 4. The quantitative estimate of drug-likeness (QED) is 0.336. The molecule has 2 fully saturated rings. The molecule has 29 heavy (non-hydrogen) atoms. The Balaban J connectivity index is 1.58. The summed E-state index contributed by atoms with van der Waals surface area (Å²) in [5.74, 6) is -1.02. The van der Waals surface area contributed by atoms with Gasteiger partial charge in [-0.2, -0.15) is 5.10 Å². The maximum Gasteiger partial charge on any atom is 0.331 e. The van der Waals surface area contributed by atoms with Gasteiger partial charge in [0.05, 0.1) is 18.2 Å². The molecular formula is C19H21N5O4S. The summed E-state index contributed by atoms with van der Waals surface area (Å²) in [6.07, 6.45) is 2.62. The Labute approximate surface area is 172 Å². The molecule has 2 heterocycles. The van der Waals surface area contributed by atoms with Gasteiger partial charge in [-0.1, -0.05) is 12.1 Å². The van der Waals surface area contributed by atoms with Crippen LogP contribution in [-0.4, -0.2) is 79.3 Å². The summed E-state index contributed by atoms with van der Waals surface area (Å²) < 4.78 is 4.50. The summed E-state index contributed by atoms with van der Waals surface area (Å²) in [4.78, 5) is 39.7. The molecule has 0 aliphatic carbocycles. The van der Waals surface area contributed by atoms with Gasteiger partial charge in [0.1, 0.15) is 0 Å². The van der Waals surface area contributed by atoms with E-state index < -0.39 is 11.9 Å². The molecule has 2 saturated heterocycles. The molecule has 10 heteroatoms. The van der Waals surface area contributed by atoms with Gasteiger partial charge in [-0.3, -0.25) is 14.9 Å². The highest BCUT2D eigenvalue weighted by Crippen LogP contribution is 2.23. The third kappa shape index (κ3) is 5.52. The molecule has 1 N–H and O–H groups in total. The Morgan fingerprint density at radius 1 is 1.17 bits per heavy atom. The van der Waals surface area contributed by atoms with E-state index in [-0.39, 0.29) is 16.0 Å². The molecule has 1 aromatic carbocycles. The highest BCUT2D eigenvalue weighted by atomic mass is 32.2. The molecule has 3 rings (SSSR count). The molecule has 0 bridgehead atoms. The van der Waals surface area contributed by atoms with Crippen molar-refractivity contribution in [2.45, 2.75) is 0 Å². The number of ether oxygens (including phenoxy) is 1. The number of benzene rings is 1. The number of carbonyl (C=O) groups excluding carboxylic acids is 3. The van der Waals surface area contributed by atoms with Gasteiger partial charge in [-0.05, 0) is 36.5 Å². The van der Waals surface area contributed by atoms with Crippen LogP contribution in [0.3, 0.4) is 0 Å². The molecular weight excluding hydrogens is 394 g/mol. The average molecular weight is 415 g/mol. The number of carbonyl (C=O) groups is 3. The minimum atomic E-state index is -0.612. The molecule has 0 radical (unpaired) electrons. The lowest BCUT2D eigenvalue weighted by Crippen LogP contribution is -2.47. The molecule has 0 saturated carbocycles. The summed E-state index contributed by atoms with van der Waals surface area (Å²) in [6.45, 7) is 3.21. The molecule has 0 aromatic heterocycles. The van der Waals surface area contributed by atoms with Crippen LogP contribution in [0.15, 0.2) is 45.4 Å². The summed E-state index contributed by atoms with van der Waals surface area (Å²) in [7, 11) is 3.28. The third-order valence-corrected chi connectivity index (χ3v) is 5.30. The second kappa shape index (κ2) is 9.48. The number of piperazine rings is 1. The zero-order valence-electron chi connectivity index (χ0n) is 16.1. The van der Waals surface area contributed by atoms with Crippen molar-refractivity contribution in [3.8, 4) is 0 Å². The van der Waals surface area contributed by atoms with Crippen molar-refractivity contribution in [1.82, 2.24) is 15.1 Å². The minimum Gasteiger partial charge on any atom is -0.466 e. The summed E-state index contributed by atoms with van der Waals surface area (Å²) >= 11 is 1.00. The highest BCUT2D eigenvalue weighted by molar-refractivity contribution is 8.18. The lowest BCUT2D eigenvalue weighted by molar-refractivity contribution is -0.135. The molecule has 0 unspecified atom stereocenters. The number of esters is 1. The van der Waals surface area contributed by atoms with E-state index in [1.54, 1.807) is 24.3 Å². The Bertz CT molecular complexity index is 886. The Morgan fingerprint density at radius 3 is 2.52 bits per heavy atom. The van der Waals surface area contributed by atoms with Gasteiger partial charge < -0.3 is 14.5 Å². The van der Waals surface area contributed by atoms with E-state index in [0.29, 0.717) is 5.56 Å². The summed E-state index contributed by atoms with van der Waals surface area (Å²) in [5, 5.41) is 10.7. The van der Waals surface area contributed by atoms with Crippen LogP contribution < -0.4 is 5.32 Å². The van der Waals surface area contributed by atoms with Crippen LogP contribution >= 0.6 is 11.8 Å². The molecule has 2 aliphatic rings. The smallest absolute Gasteiger partial charge is 0.331 e. The maximum absolute atomic E-state index is 12.5. The predicted molar refractivity (Wildman–Crippen MR) is 111 cm³/mol. The van der Waals surface area contributed by atoms with Gasteiger partial charge in [0, 0.05) is 37.8 Å². The van der Waals surface area contributed by atoms with Crippen molar-refractivity contribution in [2.75, 3.05) is 40.3 Å². The van der Waals surface area contributed by atoms with Crippen molar-refractivity contribution in [3.63, 3.8) is 0 Å². The minimum absolute atomic E-state index is 0.0248. The van der Waals surface area contributed by atoms with Crippen LogP contribution in [0.1, 0.15) is 15.9 Å². The average Bonchev–Trinajstić information content (AvgIpc) is 3.07.